The molecular weight excluding hydrogens is 418 g/mol. The molecule has 2 aliphatic rings. The highest BCUT2D eigenvalue weighted by Crippen LogP contribution is 2.28. The van der Waals surface area contributed by atoms with Gasteiger partial charge < -0.3 is 9.45 Å². The molecule has 3 amide bonds. The third-order valence-electron chi connectivity index (χ3n) is 5.70. The van der Waals surface area contributed by atoms with E-state index in [9.17, 15) is 23.1 Å². The van der Waals surface area contributed by atoms with Crippen molar-refractivity contribution in [3.8, 4) is 0 Å². The molecule has 0 aromatic heterocycles. The molecule has 2 aliphatic heterocycles. The molecule has 2 aromatic carbocycles. The molecule has 0 bridgehead atoms. The summed E-state index contributed by atoms with van der Waals surface area (Å²) in [5.41, 5.74) is 3.00. The van der Waals surface area contributed by atoms with Crippen molar-refractivity contribution in [2.75, 3.05) is 0 Å². The molecule has 8 nitrogen and oxygen atoms in total. The van der Waals surface area contributed by atoms with E-state index in [-0.39, 0.29) is 36.2 Å². The third kappa shape index (κ3) is 4.30. The summed E-state index contributed by atoms with van der Waals surface area (Å²) in [6, 6.07) is 11.2. The molecule has 1 fully saturated rings. The molecule has 2 aromatic rings. The monoisotopic (exact) mass is 441 g/mol. The van der Waals surface area contributed by atoms with Crippen LogP contribution in [0.2, 0.25) is 0 Å². The maximum Gasteiger partial charge on any atom is 0.255 e. The van der Waals surface area contributed by atoms with E-state index in [1.165, 1.54) is 4.90 Å². The lowest BCUT2D eigenvalue weighted by molar-refractivity contribution is -0.136. The van der Waals surface area contributed by atoms with Crippen molar-refractivity contribution >= 4 is 28.1 Å². The first kappa shape index (κ1) is 21.4. The van der Waals surface area contributed by atoms with Crippen LogP contribution in [-0.4, -0.2) is 33.2 Å². The number of fused-ring (bicyclic) bond motifs is 1. The summed E-state index contributed by atoms with van der Waals surface area (Å²) in [7, 11) is -3.66. The summed E-state index contributed by atoms with van der Waals surface area (Å²) in [5, 5.41) is 2.28. The molecule has 2 atom stereocenters. The number of imide groups is 1. The number of nitrogens with one attached hydrogen (secondary N) is 2. The van der Waals surface area contributed by atoms with Crippen LogP contribution in [0.1, 0.15) is 46.8 Å². The largest absolute Gasteiger partial charge is 0.593 e. The predicted octanol–water partition coefficient (Wildman–Crippen LogP) is 1.70. The Bertz CT molecular complexity index is 1100. The summed E-state index contributed by atoms with van der Waals surface area (Å²) >= 11 is 0. The van der Waals surface area contributed by atoms with Gasteiger partial charge in [0.15, 0.2) is 15.3 Å². The molecule has 0 spiro atoms. The van der Waals surface area contributed by atoms with Crippen molar-refractivity contribution in [1.29, 1.82) is 0 Å². The number of sulfonamides is 1. The summed E-state index contributed by atoms with van der Waals surface area (Å²) in [6.07, 6.45) is 1.33. The van der Waals surface area contributed by atoms with Crippen LogP contribution in [0.15, 0.2) is 47.4 Å². The summed E-state index contributed by atoms with van der Waals surface area (Å²) < 4.78 is 27.7. The van der Waals surface area contributed by atoms with Gasteiger partial charge in [-0.05, 0) is 47.7 Å². The highest BCUT2D eigenvalue weighted by atomic mass is 32.3. The minimum atomic E-state index is -3.66. The van der Waals surface area contributed by atoms with Gasteiger partial charge in [0.1, 0.15) is 6.04 Å². The molecule has 0 saturated carbocycles. The number of nitrogens with zero attached hydrogens (tertiary/aromatic N) is 1. The smallest absolute Gasteiger partial charge is 0.255 e. The van der Waals surface area contributed by atoms with Gasteiger partial charge in [0.2, 0.25) is 11.8 Å². The lowest BCUT2D eigenvalue weighted by atomic mass is 10.0. The Morgan fingerprint density at radius 3 is 2.52 bits per heavy atom. The first-order valence-electron chi connectivity index (χ1n) is 10.1. The van der Waals surface area contributed by atoms with E-state index in [4.69, 9.17) is 0 Å². The number of hydrogen-bond acceptors (Lipinski definition) is 5. The number of carbonyl (C=O) groups excluding carboxylic acids is 3. The van der Waals surface area contributed by atoms with Crippen LogP contribution < -0.4 is 10.0 Å². The average molecular weight is 442 g/mol. The molecule has 31 heavy (non-hydrogen) atoms. The van der Waals surface area contributed by atoms with Crippen LogP contribution in [0.3, 0.4) is 0 Å². The fourth-order valence-electron chi connectivity index (χ4n) is 3.90. The zero-order valence-electron chi connectivity index (χ0n) is 17.1. The number of aryl methyl sites for hydroxylation is 1. The normalized spacial score (nSPS) is 20.4. The molecular formula is C22H23N3O5S. The Kier molecular flexibility index (Phi) is 5.74. The van der Waals surface area contributed by atoms with E-state index in [2.05, 4.69) is 10.0 Å². The van der Waals surface area contributed by atoms with Crippen LogP contribution in [0, 0.1) is 0 Å². The Morgan fingerprint density at radius 1 is 1.13 bits per heavy atom. The highest BCUT2D eigenvalue weighted by molar-refractivity contribution is 7.95. The van der Waals surface area contributed by atoms with Gasteiger partial charge in [-0.3, -0.25) is 19.7 Å². The number of carbonyl (C=O) groups is 3. The second-order valence-corrected chi connectivity index (χ2v) is 9.48. The van der Waals surface area contributed by atoms with E-state index in [1.54, 1.807) is 42.5 Å². The number of rotatable bonds is 6. The van der Waals surface area contributed by atoms with E-state index < -0.39 is 22.3 Å². The van der Waals surface area contributed by atoms with Gasteiger partial charge >= 0.3 is 0 Å². The van der Waals surface area contributed by atoms with Gasteiger partial charge in [-0.25, -0.2) is 0 Å². The Morgan fingerprint density at radius 2 is 1.84 bits per heavy atom. The molecule has 1 saturated heterocycles. The van der Waals surface area contributed by atoms with Crippen molar-refractivity contribution in [3.05, 3.63) is 64.7 Å². The van der Waals surface area contributed by atoms with Crippen LogP contribution >= 0.6 is 0 Å². The molecule has 4 rings (SSSR count). The lowest BCUT2D eigenvalue weighted by Crippen LogP contribution is -2.52. The van der Waals surface area contributed by atoms with Crippen LogP contribution in [-0.2, 0) is 43.7 Å². The van der Waals surface area contributed by atoms with Crippen LogP contribution in [0.4, 0.5) is 0 Å². The van der Waals surface area contributed by atoms with E-state index >= 15 is 0 Å². The topological polar surface area (TPSA) is 119 Å². The first-order chi connectivity index (χ1) is 14.8. The fraction of sp³-hybridized carbons (Fsp3) is 0.318. The average Bonchev–Trinajstić information content (AvgIpc) is 3.08. The van der Waals surface area contributed by atoms with Crippen LogP contribution in [0.25, 0.3) is 0 Å². The SMILES string of the molecule is CCc1ccc([S+](=O)([O-])NCc2ccc3c(c2)CN(C2CCC(=O)NC2=O)C3=O)cc1. The van der Waals surface area contributed by atoms with E-state index in [0.29, 0.717) is 17.5 Å². The molecule has 0 radical (unpaired) electrons. The second-order valence-electron chi connectivity index (χ2n) is 7.71. The van der Waals surface area contributed by atoms with Crippen molar-refractivity contribution in [2.45, 2.75) is 50.2 Å². The highest BCUT2D eigenvalue weighted by Gasteiger charge is 2.39. The van der Waals surface area contributed by atoms with Gasteiger partial charge in [-0.2, -0.15) is 0 Å². The maximum absolute atomic E-state index is 12.7. The quantitative estimate of drug-likeness (QED) is 0.523. The van der Waals surface area contributed by atoms with Crippen molar-refractivity contribution in [2.24, 2.45) is 0 Å². The molecule has 0 aliphatic carbocycles. The lowest BCUT2D eigenvalue weighted by Gasteiger charge is -2.29. The van der Waals surface area contributed by atoms with Gasteiger partial charge in [0, 0.05) is 18.5 Å². The number of piperidine rings is 1. The molecule has 162 valence electrons. The van der Waals surface area contributed by atoms with Crippen molar-refractivity contribution in [1.82, 2.24) is 14.9 Å². The Labute approximate surface area is 181 Å². The molecule has 2 heterocycles. The van der Waals surface area contributed by atoms with E-state index in [0.717, 1.165) is 17.5 Å². The number of amides is 3. The van der Waals surface area contributed by atoms with Gasteiger partial charge in [-0.15, -0.1) is 4.72 Å². The third-order valence-corrected chi connectivity index (χ3v) is 7.11. The van der Waals surface area contributed by atoms with E-state index in [1.807, 2.05) is 6.92 Å². The van der Waals surface area contributed by atoms with Crippen molar-refractivity contribution < 1.29 is 23.1 Å². The van der Waals surface area contributed by atoms with Gasteiger partial charge in [-0.1, -0.05) is 35.4 Å². The fourth-order valence-corrected chi connectivity index (χ4v) is 4.92. The minimum absolute atomic E-state index is 0.0811. The number of benzene rings is 2. The van der Waals surface area contributed by atoms with Crippen molar-refractivity contribution in [3.63, 3.8) is 0 Å². The summed E-state index contributed by atoms with van der Waals surface area (Å²) in [4.78, 5) is 37.9. The minimum Gasteiger partial charge on any atom is -0.593 e. The zero-order chi connectivity index (χ0) is 22.2. The van der Waals surface area contributed by atoms with Gasteiger partial charge in [0.25, 0.3) is 5.91 Å². The molecule has 2 N–H and O–H groups in total. The van der Waals surface area contributed by atoms with Crippen LogP contribution in [0.5, 0.6) is 0 Å². The summed E-state index contributed by atoms with van der Waals surface area (Å²) in [5.74, 6) is -1.04. The number of hydrogen-bond donors (Lipinski definition) is 2. The second kappa shape index (κ2) is 8.33. The Balaban J connectivity index is 1.45. The molecule has 2 unspecified atom stereocenters. The maximum atomic E-state index is 12.7. The molecule has 9 heteroatoms. The standard InChI is InChI=1S/C22H23N3O5S/c1-2-14-3-6-17(7-4-14)31(29,30)23-12-15-5-8-18-16(11-15)13-25(22(18)28)19-9-10-20(26)24-21(19)27/h3-8,11,19H,2,9-10,12-13H2,1H3,(H2-,23,24,26,27,29,30). The summed E-state index contributed by atoms with van der Waals surface area (Å²) in [6.45, 7) is 2.33. The predicted molar refractivity (Wildman–Crippen MR) is 112 cm³/mol. The Hall–Kier alpha value is -2.88. The zero-order valence-corrected chi connectivity index (χ0v) is 17.9. The van der Waals surface area contributed by atoms with Gasteiger partial charge in [0.05, 0.1) is 6.54 Å². The first-order valence-corrected chi connectivity index (χ1v) is 11.6.